The number of thiocarbonyl (C=S) groups is 1. The number of hydrogen-bond acceptors (Lipinski definition) is 4. The largest absolute Gasteiger partial charge is 0.493 e. The topological polar surface area (TPSA) is 59.6 Å². The molecule has 2 aromatic rings. The lowest BCUT2D eigenvalue weighted by molar-refractivity contribution is 0.0973. The minimum atomic E-state index is -0.309. The maximum absolute atomic E-state index is 12.6. The number of carbonyl (C=O) groups is 1. The number of para-hydroxylation sites is 1. The maximum Gasteiger partial charge on any atom is 0.261 e. The Labute approximate surface area is 172 Å². The van der Waals surface area contributed by atoms with Crippen molar-refractivity contribution in [3.8, 4) is 11.5 Å². The second kappa shape index (κ2) is 11.3. The fourth-order valence-electron chi connectivity index (χ4n) is 2.40. The SMILES string of the molecule is CCCCOc1ccccc1C(=O)NC(=S)Nc1cccc(OC(C)CC)c1. The number of carbonyl (C=O) groups excluding carboxylic acids is 1. The summed E-state index contributed by atoms with van der Waals surface area (Å²) < 4.78 is 11.5. The van der Waals surface area contributed by atoms with Gasteiger partial charge in [0.15, 0.2) is 5.11 Å². The van der Waals surface area contributed by atoms with E-state index in [9.17, 15) is 4.79 Å². The summed E-state index contributed by atoms with van der Waals surface area (Å²) in [5.74, 6) is 1.000. The summed E-state index contributed by atoms with van der Waals surface area (Å²) in [6, 6.07) is 14.6. The third-order valence-corrected chi connectivity index (χ3v) is 4.32. The van der Waals surface area contributed by atoms with E-state index >= 15 is 0 Å². The maximum atomic E-state index is 12.6. The smallest absolute Gasteiger partial charge is 0.261 e. The minimum absolute atomic E-state index is 0.131. The minimum Gasteiger partial charge on any atom is -0.493 e. The molecule has 0 saturated carbocycles. The molecule has 1 unspecified atom stereocenters. The summed E-state index contributed by atoms with van der Waals surface area (Å²) >= 11 is 5.29. The summed E-state index contributed by atoms with van der Waals surface area (Å²) in [7, 11) is 0. The Bertz CT molecular complexity index is 795. The van der Waals surface area contributed by atoms with Crippen molar-refractivity contribution in [2.75, 3.05) is 11.9 Å². The van der Waals surface area contributed by atoms with Crippen LogP contribution >= 0.6 is 12.2 Å². The number of amides is 1. The monoisotopic (exact) mass is 400 g/mol. The molecule has 5 nitrogen and oxygen atoms in total. The van der Waals surface area contributed by atoms with Crippen LogP contribution in [0.3, 0.4) is 0 Å². The van der Waals surface area contributed by atoms with Gasteiger partial charge >= 0.3 is 0 Å². The Balaban J connectivity index is 1.98. The molecule has 0 aromatic heterocycles. The van der Waals surface area contributed by atoms with Gasteiger partial charge in [0.25, 0.3) is 5.91 Å². The number of nitrogens with one attached hydrogen (secondary N) is 2. The number of unbranched alkanes of at least 4 members (excludes halogenated alkanes) is 1. The van der Waals surface area contributed by atoms with E-state index in [4.69, 9.17) is 21.7 Å². The van der Waals surface area contributed by atoms with Crippen LogP contribution in [0.2, 0.25) is 0 Å². The molecule has 0 heterocycles. The van der Waals surface area contributed by atoms with Crippen LogP contribution in [0, 0.1) is 0 Å². The number of hydrogen-bond donors (Lipinski definition) is 2. The van der Waals surface area contributed by atoms with Crippen LogP contribution < -0.4 is 20.1 Å². The molecular formula is C22H28N2O3S. The summed E-state index contributed by atoms with van der Waals surface area (Å²) in [6.07, 6.45) is 3.02. The van der Waals surface area contributed by atoms with Gasteiger partial charge in [0.05, 0.1) is 18.3 Å². The van der Waals surface area contributed by atoms with E-state index < -0.39 is 0 Å². The number of anilines is 1. The third kappa shape index (κ3) is 6.85. The van der Waals surface area contributed by atoms with E-state index in [0.717, 1.165) is 30.7 Å². The van der Waals surface area contributed by atoms with E-state index in [1.807, 2.05) is 37.3 Å². The first-order valence-electron chi connectivity index (χ1n) is 9.64. The van der Waals surface area contributed by atoms with Crippen molar-refractivity contribution in [2.45, 2.75) is 46.1 Å². The number of rotatable bonds is 9. The molecule has 0 spiro atoms. The molecule has 0 aliphatic rings. The van der Waals surface area contributed by atoms with E-state index in [2.05, 4.69) is 24.5 Å². The number of ether oxygens (including phenoxy) is 2. The van der Waals surface area contributed by atoms with Crippen LogP contribution in [-0.4, -0.2) is 23.7 Å². The first kappa shape index (κ1) is 21.7. The predicted molar refractivity (Wildman–Crippen MR) is 117 cm³/mol. The second-order valence-corrected chi connectivity index (χ2v) is 6.88. The van der Waals surface area contributed by atoms with Gasteiger partial charge in [-0.1, -0.05) is 38.5 Å². The molecular weight excluding hydrogens is 372 g/mol. The van der Waals surface area contributed by atoms with Crippen LogP contribution in [-0.2, 0) is 0 Å². The molecule has 0 aliphatic carbocycles. The highest BCUT2D eigenvalue weighted by atomic mass is 32.1. The third-order valence-electron chi connectivity index (χ3n) is 4.12. The molecule has 2 N–H and O–H groups in total. The molecule has 28 heavy (non-hydrogen) atoms. The van der Waals surface area contributed by atoms with Crippen molar-refractivity contribution in [1.29, 1.82) is 0 Å². The van der Waals surface area contributed by atoms with Crippen LogP contribution in [0.25, 0.3) is 0 Å². The van der Waals surface area contributed by atoms with Gasteiger partial charge in [0.1, 0.15) is 11.5 Å². The van der Waals surface area contributed by atoms with Crippen LogP contribution in [0.15, 0.2) is 48.5 Å². The van der Waals surface area contributed by atoms with Crippen molar-refractivity contribution < 1.29 is 14.3 Å². The zero-order valence-corrected chi connectivity index (χ0v) is 17.5. The van der Waals surface area contributed by atoms with Crippen LogP contribution in [0.1, 0.15) is 50.4 Å². The zero-order chi connectivity index (χ0) is 20.4. The molecule has 1 amide bonds. The molecule has 2 aromatic carbocycles. The Morgan fingerprint density at radius 2 is 1.93 bits per heavy atom. The first-order valence-corrected chi connectivity index (χ1v) is 10.0. The molecule has 1 atom stereocenters. The fraction of sp³-hybridized carbons (Fsp3) is 0.364. The van der Waals surface area contributed by atoms with Crippen molar-refractivity contribution in [2.24, 2.45) is 0 Å². The van der Waals surface area contributed by atoms with Gasteiger partial charge in [-0.15, -0.1) is 0 Å². The molecule has 6 heteroatoms. The van der Waals surface area contributed by atoms with E-state index in [1.165, 1.54) is 0 Å². The molecule has 0 saturated heterocycles. The van der Waals surface area contributed by atoms with Gasteiger partial charge in [-0.3, -0.25) is 10.1 Å². The Kier molecular flexibility index (Phi) is 8.75. The van der Waals surface area contributed by atoms with Crippen LogP contribution in [0.4, 0.5) is 5.69 Å². The average Bonchev–Trinajstić information content (AvgIpc) is 2.68. The first-order chi connectivity index (χ1) is 13.5. The van der Waals surface area contributed by atoms with Crippen molar-refractivity contribution in [1.82, 2.24) is 5.32 Å². The van der Waals surface area contributed by atoms with Gasteiger partial charge in [0.2, 0.25) is 0 Å². The molecule has 0 aliphatic heterocycles. The number of benzene rings is 2. The molecule has 0 radical (unpaired) electrons. The van der Waals surface area contributed by atoms with E-state index in [-0.39, 0.29) is 17.1 Å². The zero-order valence-electron chi connectivity index (χ0n) is 16.7. The molecule has 0 fully saturated rings. The Morgan fingerprint density at radius 1 is 1.14 bits per heavy atom. The van der Waals surface area contributed by atoms with E-state index in [0.29, 0.717) is 17.9 Å². The van der Waals surface area contributed by atoms with E-state index in [1.54, 1.807) is 18.2 Å². The standard InChI is InChI=1S/C22H28N2O3S/c1-4-6-14-26-20-13-8-7-12-19(20)21(25)24-22(28)23-17-10-9-11-18(15-17)27-16(3)5-2/h7-13,15-16H,4-6,14H2,1-3H3,(H2,23,24,25,28). The van der Waals surface area contributed by atoms with Crippen LogP contribution in [0.5, 0.6) is 11.5 Å². The van der Waals surface area contributed by atoms with Gasteiger partial charge in [-0.05, 0) is 56.2 Å². The van der Waals surface area contributed by atoms with Gasteiger partial charge < -0.3 is 14.8 Å². The summed E-state index contributed by atoms with van der Waals surface area (Å²) in [6.45, 7) is 6.76. The van der Waals surface area contributed by atoms with Gasteiger partial charge in [0, 0.05) is 11.8 Å². The lowest BCUT2D eigenvalue weighted by Gasteiger charge is -2.15. The van der Waals surface area contributed by atoms with Gasteiger partial charge in [-0.25, -0.2) is 0 Å². The van der Waals surface area contributed by atoms with Crippen molar-refractivity contribution in [3.63, 3.8) is 0 Å². The quantitative estimate of drug-likeness (QED) is 0.449. The fourth-order valence-corrected chi connectivity index (χ4v) is 2.61. The lowest BCUT2D eigenvalue weighted by Crippen LogP contribution is -2.34. The summed E-state index contributed by atoms with van der Waals surface area (Å²) in [5.41, 5.74) is 1.20. The average molecular weight is 401 g/mol. The Morgan fingerprint density at radius 3 is 2.68 bits per heavy atom. The second-order valence-electron chi connectivity index (χ2n) is 6.47. The summed E-state index contributed by atoms with van der Waals surface area (Å²) in [5, 5.41) is 5.95. The normalized spacial score (nSPS) is 11.4. The predicted octanol–water partition coefficient (Wildman–Crippen LogP) is 5.17. The highest BCUT2D eigenvalue weighted by Gasteiger charge is 2.14. The molecule has 0 bridgehead atoms. The highest BCUT2D eigenvalue weighted by Crippen LogP contribution is 2.20. The highest BCUT2D eigenvalue weighted by molar-refractivity contribution is 7.80. The van der Waals surface area contributed by atoms with Gasteiger partial charge in [-0.2, -0.15) is 0 Å². The van der Waals surface area contributed by atoms with Crippen molar-refractivity contribution >= 4 is 28.9 Å². The molecule has 2 rings (SSSR count). The Hall–Kier alpha value is -2.60. The summed E-state index contributed by atoms with van der Waals surface area (Å²) in [4.78, 5) is 12.6. The molecule has 150 valence electrons. The van der Waals surface area contributed by atoms with Crippen molar-refractivity contribution in [3.05, 3.63) is 54.1 Å². The lowest BCUT2D eigenvalue weighted by atomic mass is 10.2.